The number of hydrogen-bond acceptors (Lipinski definition) is 5. The van der Waals surface area contributed by atoms with Crippen molar-refractivity contribution in [1.29, 1.82) is 0 Å². The van der Waals surface area contributed by atoms with Crippen LogP contribution in [0.15, 0.2) is 42.6 Å². The second-order valence-electron chi connectivity index (χ2n) is 5.93. The minimum Gasteiger partial charge on any atom is -0.462 e. The molecular weight excluding hydrogens is 318 g/mol. The molecule has 0 spiro atoms. The molecule has 1 heterocycles. The second kappa shape index (κ2) is 8.82. The largest absolute Gasteiger partial charge is 0.462 e. The predicted molar refractivity (Wildman–Crippen MR) is 97.1 cm³/mol. The van der Waals surface area contributed by atoms with Crippen LogP contribution in [0.25, 0.3) is 0 Å². The maximum Gasteiger partial charge on any atom is 0.340 e. The van der Waals surface area contributed by atoms with Crippen molar-refractivity contribution < 1.29 is 14.3 Å². The number of aromatic nitrogens is 1. The molecule has 0 aliphatic carbocycles. The molecule has 0 aliphatic heterocycles. The van der Waals surface area contributed by atoms with Crippen LogP contribution in [0.3, 0.4) is 0 Å². The average molecular weight is 341 g/mol. The van der Waals surface area contributed by atoms with Crippen molar-refractivity contribution in [2.45, 2.75) is 20.8 Å². The fourth-order valence-corrected chi connectivity index (χ4v) is 2.12. The van der Waals surface area contributed by atoms with Crippen molar-refractivity contribution in [3.8, 4) is 0 Å². The van der Waals surface area contributed by atoms with Crippen LogP contribution in [-0.2, 0) is 4.74 Å². The van der Waals surface area contributed by atoms with Crippen LogP contribution in [0.4, 0.5) is 11.4 Å². The Morgan fingerprint density at radius 1 is 1.16 bits per heavy atom. The molecule has 0 unspecified atom stereocenters. The number of hydrogen-bond donors (Lipinski definition) is 2. The summed E-state index contributed by atoms with van der Waals surface area (Å²) in [4.78, 5) is 28.1. The number of pyridine rings is 1. The molecule has 6 nitrogen and oxygen atoms in total. The molecule has 2 aromatic rings. The van der Waals surface area contributed by atoms with Crippen LogP contribution in [-0.4, -0.2) is 30.0 Å². The maximum atomic E-state index is 12.0. The number of nitrogens with one attached hydrogen (secondary N) is 2. The van der Waals surface area contributed by atoms with Gasteiger partial charge in [0.25, 0.3) is 5.91 Å². The summed E-state index contributed by atoms with van der Waals surface area (Å²) in [7, 11) is 0. The van der Waals surface area contributed by atoms with Gasteiger partial charge in [-0.1, -0.05) is 26.0 Å². The van der Waals surface area contributed by atoms with Gasteiger partial charge in [0.05, 0.1) is 29.7 Å². The molecule has 132 valence electrons. The molecule has 0 saturated heterocycles. The van der Waals surface area contributed by atoms with Gasteiger partial charge in [0, 0.05) is 6.54 Å². The highest BCUT2D eigenvalue weighted by molar-refractivity contribution is 5.96. The van der Waals surface area contributed by atoms with Gasteiger partial charge in [-0.3, -0.25) is 4.79 Å². The van der Waals surface area contributed by atoms with E-state index in [4.69, 9.17) is 4.74 Å². The standard InChI is InChI=1S/C19H23N3O3/c1-4-25-19(24)15-7-5-6-8-16(15)22-14-9-10-17(20-12-14)18(23)21-11-13(2)3/h5-10,12-13,22H,4,11H2,1-3H3,(H,21,23). The van der Waals surface area contributed by atoms with E-state index < -0.39 is 0 Å². The lowest BCUT2D eigenvalue weighted by Gasteiger charge is -2.11. The normalized spacial score (nSPS) is 10.4. The third kappa shape index (κ3) is 5.31. The number of benzene rings is 1. The van der Waals surface area contributed by atoms with Gasteiger partial charge < -0.3 is 15.4 Å². The first-order valence-corrected chi connectivity index (χ1v) is 8.28. The van der Waals surface area contributed by atoms with E-state index in [0.29, 0.717) is 41.7 Å². The van der Waals surface area contributed by atoms with E-state index >= 15 is 0 Å². The van der Waals surface area contributed by atoms with Crippen LogP contribution >= 0.6 is 0 Å². The van der Waals surface area contributed by atoms with Crippen LogP contribution in [0.5, 0.6) is 0 Å². The molecule has 0 atom stereocenters. The number of esters is 1. The van der Waals surface area contributed by atoms with Crippen LogP contribution in [0.2, 0.25) is 0 Å². The molecule has 0 bridgehead atoms. The van der Waals surface area contributed by atoms with E-state index in [0.717, 1.165) is 0 Å². The molecule has 25 heavy (non-hydrogen) atoms. The summed E-state index contributed by atoms with van der Waals surface area (Å²) in [6.45, 7) is 6.74. The average Bonchev–Trinajstić information content (AvgIpc) is 2.61. The highest BCUT2D eigenvalue weighted by Crippen LogP contribution is 2.21. The molecule has 0 radical (unpaired) electrons. The molecule has 2 rings (SSSR count). The summed E-state index contributed by atoms with van der Waals surface area (Å²) in [5.74, 6) is -0.209. The Morgan fingerprint density at radius 3 is 2.56 bits per heavy atom. The highest BCUT2D eigenvalue weighted by Gasteiger charge is 2.12. The summed E-state index contributed by atoms with van der Waals surface area (Å²) in [6, 6.07) is 10.5. The smallest absolute Gasteiger partial charge is 0.340 e. The number of nitrogens with zero attached hydrogens (tertiary/aromatic N) is 1. The van der Waals surface area contributed by atoms with Crippen molar-refractivity contribution >= 4 is 23.3 Å². The molecule has 1 aromatic carbocycles. The molecule has 0 saturated carbocycles. The van der Waals surface area contributed by atoms with Gasteiger partial charge in [-0.25, -0.2) is 9.78 Å². The molecule has 2 N–H and O–H groups in total. The minimum atomic E-state index is -0.386. The number of anilines is 2. The van der Waals surface area contributed by atoms with Crippen molar-refractivity contribution in [1.82, 2.24) is 10.3 Å². The molecular formula is C19H23N3O3. The molecule has 0 aliphatic rings. The van der Waals surface area contributed by atoms with Gasteiger partial charge in [-0.2, -0.15) is 0 Å². The van der Waals surface area contributed by atoms with E-state index in [9.17, 15) is 9.59 Å². The zero-order valence-corrected chi connectivity index (χ0v) is 14.7. The monoisotopic (exact) mass is 341 g/mol. The highest BCUT2D eigenvalue weighted by atomic mass is 16.5. The lowest BCUT2D eigenvalue weighted by molar-refractivity contribution is 0.0527. The van der Waals surface area contributed by atoms with Gasteiger partial charge in [-0.15, -0.1) is 0 Å². The summed E-state index contributed by atoms with van der Waals surface area (Å²) in [5.41, 5.74) is 2.10. The van der Waals surface area contributed by atoms with Gasteiger partial charge in [-0.05, 0) is 37.1 Å². The van der Waals surface area contributed by atoms with Crippen LogP contribution in [0, 0.1) is 5.92 Å². The Morgan fingerprint density at radius 2 is 1.92 bits per heavy atom. The SMILES string of the molecule is CCOC(=O)c1ccccc1Nc1ccc(C(=O)NCC(C)C)nc1. The van der Waals surface area contributed by atoms with Crippen LogP contribution < -0.4 is 10.6 Å². The Bertz CT molecular complexity index is 727. The van der Waals surface area contributed by atoms with E-state index in [-0.39, 0.29) is 11.9 Å². The number of rotatable bonds is 7. The quantitative estimate of drug-likeness (QED) is 0.755. The first-order chi connectivity index (χ1) is 12.0. The Balaban J connectivity index is 2.09. The summed E-state index contributed by atoms with van der Waals surface area (Å²) < 4.78 is 5.06. The second-order valence-corrected chi connectivity index (χ2v) is 5.93. The van der Waals surface area contributed by atoms with Crippen molar-refractivity contribution in [3.63, 3.8) is 0 Å². The van der Waals surface area contributed by atoms with E-state index in [1.165, 1.54) is 0 Å². The number of ether oxygens (including phenoxy) is 1. The molecule has 6 heteroatoms. The van der Waals surface area contributed by atoms with Crippen molar-refractivity contribution in [3.05, 3.63) is 53.9 Å². The fourth-order valence-electron chi connectivity index (χ4n) is 2.12. The third-order valence-corrected chi connectivity index (χ3v) is 3.37. The fraction of sp³-hybridized carbons (Fsp3) is 0.316. The van der Waals surface area contributed by atoms with E-state index in [1.54, 1.807) is 43.5 Å². The first-order valence-electron chi connectivity index (χ1n) is 8.28. The van der Waals surface area contributed by atoms with E-state index in [1.807, 2.05) is 19.9 Å². The Kier molecular flexibility index (Phi) is 6.51. The van der Waals surface area contributed by atoms with Gasteiger partial charge >= 0.3 is 5.97 Å². The number of para-hydroxylation sites is 1. The van der Waals surface area contributed by atoms with Crippen molar-refractivity contribution in [2.24, 2.45) is 5.92 Å². The summed E-state index contributed by atoms with van der Waals surface area (Å²) in [6.07, 6.45) is 1.56. The van der Waals surface area contributed by atoms with Gasteiger partial charge in [0.1, 0.15) is 5.69 Å². The molecule has 1 aromatic heterocycles. The lowest BCUT2D eigenvalue weighted by atomic mass is 10.1. The van der Waals surface area contributed by atoms with E-state index in [2.05, 4.69) is 15.6 Å². The van der Waals surface area contributed by atoms with Gasteiger partial charge in [0.2, 0.25) is 0 Å². The maximum absolute atomic E-state index is 12.0. The Labute approximate surface area is 147 Å². The number of carbonyl (C=O) groups is 2. The number of amides is 1. The predicted octanol–water partition coefficient (Wildman–Crippen LogP) is 3.39. The summed E-state index contributed by atoms with van der Waals surface area (Å²) >= 11 is 0. The zero-order chi connectivity index (χ0) is 18.2. The zero-order valence-electron chi connectivity index (χ0n) is 14.7. The molecule has 1 amide bonds. The minimum absolute atomic E-state index is 0.202. The lowest BCUT2D eigenvalue weighted by Crippen LogP contribution is -2.27. The van der Waals surface area contributed by atoms with Crippen molar-refractivity contribution in [2.75, 3.05) is 18.5 Å². The third-order valence-electron chi connectivity index (χ3n) is 3.37. The number of carbonyl (C=O) groups excluding carboxylic acids is 2. The van der Waals surface area contributed by atoms with Crippen LogP contribution in [0.1, 0.15) is 41.6 Å². The topological polar surface area (TPSA) is 80.3 Å². The first kappa shape index (κ1) is 18.4. The van der Waals surface area contributed by atoms with Gasteiger partial charge in [0.15, 0.2) is 0 Å². The Hall–Kier alpha value is -2.89. The molecule has 0 fully saturated rings. The summed E-state index contributed by atoms with van der Waals surface area (Å²) in [5, 5.41) is 5.96.